The van der Waals surface area contributed by atoms with Gasteiger partial charge in [-0.3, -0.25) is 0 Å². The van der Waals surface area contributed by atoms with Crippen LogP contribution in [0.2, 0.25) is 0 Å². The first-order chi connectivity index (χ1) is 4.16. The van der Waals surface area contributed by atoms with Gasteiger partial charge in [-0.25, -0.2) is 0 Å². The molecule has 3 nitrogen and oxygen atoms in total. The quantitative estimate of drug-likeness (QED) is 0.581. The maximum absolute atomic E-state index is 4.70. The molecule has 0 fully saturated rings. The zero-order chi connectivity index (χ0) is 6.91. The molecule has 1 unspecified atom stereocenters. The fourth-order valence-electron chi connectivity index (χ4n) is 0.469. The molecule has 0 bridgehead atoms. The van der Waals surface area contributed by atoms with Crippen LogP contribution in [0.5, 0.6) is 0 Å². The van der Waals surface area contributed by atoms with Gasteiger partial charge in [0.15, 0.2) is 5.66 Å². The number of nitrogens with zero attached hydrogens (tertiary/aromatic N) is 2. The van der Waals surface area contributed by atoms with Crippen molar-refractivity contribution in [3.8, 4) is 0 Å². The largest absolute Gasteiger partial charge is 0.330 e. The first-order valence-corrected chi connectivity index (χ1v) is 3.26. The third-order valence-electron chi connectivity index (χ3n) is 0.938. The highest BCUT2D eigenvalue weighted by molar-refractivity contribution is 7.80. The molecule has 1 atom stereocenters. The molecule has 0 aliphatic carbocycles. The zero-order valence-corrected chi connectivity index (χ0v) is 6.42. The minimum Gasteiger partial charge on any atom is -0.330 e. The molecule has 0 saturated carbocycles. The van der Waals surface area contributed by atoms with Crippen LogP contribution in [0.15, 0.2) is 10.2 Å². The maximum atomic E-state index is 4.70. The summed E-state index contributed by atoms with van der Waals surface area (Å²) in [5.41, 5.74) is -0.535. The van der Waals surface area contributed by atoms with Gasteiger partial charge in [0.1, 0.15) is 0 Å². The standard InChI is InChI=1S/C4H5N3S2/c1-4(2-8)5-3(9)6-7-4/h2H,1H3,(H,5,9). The van der Waals surface area contributed by atoms with Gasteiger partial charge in [0.25, 0.3) is 0 Å². The average Bonchev–Trinajstić information content (AvgIpc) is 2.13. The smallest absolute Gasteiger partial charge is 0.215 e. The van der Waals surface area contributed by atoms with E-state index in [9.17, 15) is 0 Å². The zero-order valence-electron chi connectivity index (χ0n) is 4.79. The van der Waals surface area contributed by atoms with E-state index >= 15 is 0 Å². The van der Waals surface area contributed by atoms with Crippen LogP contribution in [0.4, 0.5) is 0 Å². The van der Waals surface area contributed by atoms with Crippen molar-refractivity contribution in [1.29, 1.82) is 0 Å². The second-order valence-corrected chi connectivity index (χ2v) is 2.52. The average molecular weight is 159 g/mol. The van der Waals surface area contributed by atoms with Gasteiger partial charge in [0.05, 0.1) is 0 Å². The topological polar surface area (TPSA) is 36.8 Å². The van der Waals surface area contributed by atoms with E-state index < -0.39 is 5.66 Å². The van der Waals surface area contributed by atoms with E-state index in [-0.39, 0.29) is 0 Å². The van der Waals surface area contributed by atoms with Crippen LogP contribution >= 0.6 is 24.4 Å². The first-order valence-electron chi connectivity index (χ1n) is 2.38. The van der Waals surface area contributed by atoms with Crippen molar-refractivity contribution in [2.45, 2.75) is 12.6 Å². The molecule has 0 aromatic carbocycles. The molecule has 1 aliphatic heterocycles. The van der Waals surface area contributed by atoms with E-state index in [0.717, 1.165) is 0 Å². The summed E-state index contributed by atoms with van der Waals surface area (Å²) in [6, 6.07) is 0. The lowest BCUT2D eigenvalue weighted by Crippen LogP contribution is -2.38. The SMILES string of the molecule is CC1(C=S)N=NC(=S)N1. The molecule has 48 valence electrons. The molecule has 1 rings (SSSR count). The molecule has 1 N–H and O–H groups in total. The van der Waals surface area contributed by atoms with E-state index in [1.807, 2.05) is 6.92 Å². The van der Waals surface area contributed by atoms with Gasteiger partial charge < -0.3 is 5.32 Å². The number of azo groups is 1. The van der Waals surface area contributed by atoms with Crippen LogP contribution in [0, 0.1) is 0 Å². The molecule has 0 saturated heterocycles. The van der Waals surface area contributed by atoms with E-state index in [4.69, 9.17) is 12.2 Å². The first kappa shape index (κ1) is 6.70. The Morgan fingerprint density at radius 2 is 2.44 bits per heavy atom. The highest BCUT2D eigenvalue weighted by Crippen LogP contribution is 2.09. The summed E-state index contributed by atoms with van der Waals surface area (Å²) in [6.07, 6.45) is 0. The summed E-state index contributed by atoms with van der Waals surface area (Å²) in [5, 5.41) is 12.1. The van der Waals surface area contributed by atoms with Crippen molar-refractivity contribution in [2.75, 3.05) is 0 Å². The van der Waals surface area contributed by atoms with Crippen LogP contribution in [0.1, 0.15) is 6.92 Å². The Hall–Kier alpha value is -0.420. The number of rotatable bonds is 1. The minimum absolute atomic E-state index is 0.401. The molecule has 0 spiro atoms. The fourth-order valence-corrected chi connectivity index (χ4v) is 0.822. The summed E-state index contributed by atoms with van der Waals surface area (Å²) in [7, 11) is 0. The van der Waals surface area contributed by atoms with E-state index in [0.29, 0.717) is 5.11 Å². The highest BCUT2D eigenvalue weighted by Gasteiger charge is 2.25. The molecule has 0 aromatic rings. The molecular formula is C4H5N3S2. The lowest BCUT2D eigenvalue weighted by atomic mass is 10.3. The Morgan fingerprint density at radius 3 is 2.67 bits per heavy atom. The monoisotopic (exact) mass is 159 g/mol. The molecule has 1 heterocycles. The van der Waals surface area contributed by atoms with E-state index in [1.54, 1.807) is 0 Å². The van der Waals surface area contributed by atoms with Crippen LogP contribution in [-0.4, -0.2) is 16.1 Å². The van der Waals surface area contributed by atoms with Crippen molar-refractivity contribution in [3.63, 3.8) is 0 Å². The lowest BCUT2D eigenvalue weighted by Gasteiger charge is -2.11. The van der Waals surface area contributed by atoms with Crippen molar-refractivity contribution < 1.29 is 0 Å². The molecular weight excluding hydrogens is 154 g/mol. The van der Waals surface area contributed by atoms with E-state index in [2.05, 4.69) is 27.8 Å². The Bertz CT molecular complexity index is 188. The van der Waals surface area contributed by atoms with Crippen molar-refractivity contribution in [1.82, 2.24) is 5.32 Å². The predicted molar refractivity (Wildman–Crippen MR) is 42.6 cm³/mol. The molecule has 5 heteroatoms. The Balaban J connectivity index is 2.79. The number of thiocarbonyl (C=S) groups is 2. The summed E-state index contributed by atoms with van der Waals surface area (Å²) in [4.78, 5) is 0. The Kier molecular flexibility index (Phi) is 1.54. The number of nitrogens with one attached hydrogen (secondary N) is 1. The number of hydrogen-bond donors (Lipinski definition) is 1. The van der Waals surface area contributed by atoms with Crippen LogP contribution in [0.25, 0.3) is 0 Å². The summed E-state index contributed by atoms with van der Waals surface area (Å²) in [6.45, 7) is 1.81. The van der Waals surface area contributed by atoms with Gasteiger partial charge in [-0.05, 0) is 19.1 Å². The van der Waals surface area contributed by atoms with Crippen molar-refractivity contribution in [2.24, 2.45) is 10.2 Å². The maximum Gasteiger partial charge on any atom is 0.215 e. The van der Waals surface area contributed by atoms with Gasteiger partial charge in [-0.15, -0.1) is 5.11 Å². The Labute approximate surface area is 63.5 Å². The van der Waals surface area contributed by atoms with Crippen LogP contribution in [-0.2, 0) is 0 Å². The van der Waals surface area contributed by atoms with Gasteiger partial charge in [-0.2, -0.15) is 5.11 Å². The van der Waals surface area contributed by atoms with Gasteiger partial charge in [-0.1, -0.05) is 12.2 Å². The van der Waals surface area contributed by atoms with Gasteiger partial charge in [0.2, 0.25) is 5.11 Å². The summed E-state index contributed by atoms with van der Waals surface area (Å²) in [5.74, 6) is 0. The fraction of sp³-hybridized carbons (Fsp3) is 0.500. The normalized spacial score (nSPS) is 32.3. The third-order valence-corrected chi connectivity index (χ3v) is 1.58. The molecule has 0 radical (unpaired) electrons. The lowest BCUT2D eigenvalue weighted by molar-refractivity contribution is 0.622. The van der Waals surface area contributed by atoms with Crippen molar-refractivity contribution in [3.05, 3.63) is 0 Å². The minimum atomic E-state index is -0.535. The summed E-state index contributed by atoms with van der Waals surface area (Å²) >= 11 is 9.37. The molecule has 9 heavy (non-hydrogen) atoms. The molecule has 1 aliphatic rings. The van der Waals surface area contributed by atoms with Gasteiger partial charge >= 0.3 is 0 Å². The highest BCUT2D eigenvalue weighted by atomic mass is 32.1. The predicted octanol–water partition coefficient (Wildman–Crippen LogP) is 1.04. The summed E-state index contributed by atoms with van der Waals surface area (Å²) < 4.78 is 0. The van der Waals surface area contributed by atoms with Crippen LogP contribution < -0.4 is 5.32 Å². The van der Waals surface area contributed by atoms with Crippen molar-refractivity contribution >= 4 is 34.9 Å². The molecule has 0 amide bonds. The van der Waals surface area contributed by atoms with E-state index in [1.165, 1.54) is 5.37 Å². The second-order valence-electron chi connectivity index (χ2n) is 1.90. The number of hydrogen-bond acceptors (Lipinski definition) is 3. The van der Waals surface area contributed by atoms with Gasteiger partial charge in [0, 0.05) is 5.37 Å². The van der Waals surface area contributed by atoms with Crippen LogP contribution in [0.3, 0.4) is 0 Å². The second kappa shape index (κ2) is 2.07. The third kappa shape index (κ3) is 1.28. The molecule has 0 aromatic heterocycles. The Morgan fingerprint density at radius 1 is 1.78 bits per heavy atom.